The Balaban J connectivity index is 2.14. The molecule has 200 valence electrons. The number of carbonyl (C=O) groups is 2. The Kier molecular flexibility index (Phi) is 10.4. The van der Waals surface area contributed by atoms with Gasteiger partial charge in [0, 0.05) is 6.54 Å². The van der Waals surface area contributed by atoms with Crippen LogP contribution in [-0.2, 0) is 21.4 Å². The average Bonchev–Trinajstić information content (AvgIpc) is 3.23. The summed E-state index contributed by atoms with van der Waals surface area (Å²) in [5.74, 6) is -2.36. The number of nitrogens with one attached hydrogen (secondary N) is 3. The highest BCUT2D eigenvalue weighted by Crippen LogP contribution is 2.23. The molecule has 0 bridgehead atoms. The number of benzene rings is 1. The molecule has 1 heterocycles. The lowest BCUT2D eigenvalue weighted by Gasteiger charge is -2.34. The number of aromatic nitrogens is 1. The molecule has 12 heteroatoms. The smallest absolute Gasteiger partial charge is 0.309 e. The summed E-state index contributed by atoms with van der Waals surface area (Å²) in [5, 5.41) is 27.5. The van der Waals surface area contributed by atoms with E-state index in [2.05, 4.69) is 15.6 Å². The number of aliphatic hydroxyl groups excluding tert-OH is 2. The Morgan fingerprint density at radius 3 is 2.25 bits per heavy atom. The number of nitrogens with zero attached hydrogens (tertiary/aromatic N) is 1. The molecule has 36 heavy (non-hydrogen) atoms. The zero-order valence-electron chi connectivity index (χ0n) is 21.1. The lowest BCUT2D eigenvalue weighted by Crippen LogP contribution is -2.54. The van der Waals surface area contributed by atoms with Gasteiger partial charge < -0.3 is 25.3 Å². The molecule has 4 atom stereocenters. The molecule has 2 amide bonds. The minimum Gasteiger partial charge on any atom is -0.431 e. The van der Waals surface area contributed by atoms with Crippen LogP contribution < -0.4 is 15.4 Å². The van der Waals surface area contributed by atoms with E-state index in [0.717, 1.165) is 18.1 Å². The Labute approximate surface area is 211 Å². The summed E-state index contributed by atoms with van der Waals surface area (Å²) in [5.41, 5.74) is 0.684. The van der Waals surface area contributed by atoms with Crippen LogP contribution in [0.5, 0.6) is 0 Å². The number of amides is 2. The molecule has 0 aliphatic rings. The standard InChI is InChI=1S/C24H36N4O7S/c1-14(2)11-17(26-22(31)18-13-35-24(27-18)28-36(5,33)34)20(29)21(30)19(15(3)4)23(32)25-12-16-9-7-6-8-10-16/h6-10,13-15,17,19-21,29-30H,11-12H2,1-5H3,(H,25,32)(H,26,31)(H,27,28). The highest BCUT2D eigenvalue weighted by atomic mass is 32.2. The number of oxazole rings is 1. The summed E-state index contributed by atoms with van der Waals surface area (Å²) in [7, 11) is -3.65. The summed E-state index contributed by atoms with van der Waals surface area (Å²) in [6.45, 7) is 7.58. The van der Waals surface area contributed by atoms with Crippen molar-refractivity contribution in [2.45, 2.75) is 58.9 Å². The number of hydrogen-bond donors (Lipinski definition) is 5. The molecule has 0 radical (unpaired) electrons. The summed E-state index contributed by atoms with van der Waals surface area (Å²) < 4.78 is 29.7. The van der Waals surface area contributed by atoms with Crippen LogP contribution in [0.3, 0.4) is 0 Å². The van der Waals surface area contributed by atoms with Gasteiger partial charge in [0.2, 0.25) is 15.9 Å². The molecule has 0 aliphatic carbocycles. The van der Waals surface area contributed by atoms with E-state index in [4.69, 9.17) is 4.42 Å². The van der Waals surface area contributed by atoms with Gasteiger partial charge in [-0.25, -0.2) is 13.1 Å². The summed E-state index contributed by atoms with van der Waals surface area (Å²) in [6, 6.07) is 8.02. The molecule has 0 saturated carbocycles. The number of sulfonamides is 1. The lowest BCUT2D eigenvalue weighted by molar-refractivity contribution is -0.136. The first kappa shape index (κ1) is 29.3. The third-order valence-electron chi connectivity index (χ3n) is 5.51. The van der Waals surface area contributed by atoms with Gasteiger partial charge in [0.1, 0.15) is 12.4 Å². The molecule has 2 aromatic rings. The normalized spacial score (nSPS) is 15.2. The molecule has 1 aromatic heterocycles. The molecule has 2 rings (SSSR count). The van der Waals surface area contributed by atoms with Gasteiger partial charge in [0.05, 0.1) is 24.3 Å². The quantitative estimate of drug-likeness (QED) is 0.262. The molecule has 0 aliphatic heterocycles. The molecule has 0 saturated heterocycles. The van der Waals surface area contributed by atoms with Crippen molar-refractivity contribution in [1.82, 2.24) is 15.6 Å². The third kappa shape index (κ3) is 8.92. The van der Waals surface area contributed by atoms with Crippen molar-refractivity contribution in [1.29, 1.82) is 0 Å². The van der Waals surface area contributed by atoms with Gasteiger partial charge >= 0.3 is 6.01 Å². The minimum absolute atomic E-state index is 0.0290. The van der Waals surface area contributed by atoms with Gasteiger partial charge in [0.25, 0.3) is 5.91 Å². The van der Waals surface area contributed by atoms with Crippen LogP contribution in [0.4, 0.5) is 6.01 Å². The first-order chi connectivity index (χ1) is 16.8. The van der Waals surface area contributed by atoms with Crippen molar-refractivity contribution in [3.63, 3.8) is 0 Å². The van der Waals surface area contributed by atoms with Crippen molar-refractivity contribution in [2.75, 3.05) is 11.0 Å². The molecular weight excluding hydrogens is 488 g/mol. The fourth-order valence-corrected chi connectivity index (χ4v) is 4.23. The van der Waals surface area contributed by atoms with Crippen LogP contribution in [0.25, 0.3) is 0 Å². The molecule has 1 aromatic carbocycles. The average molecular weight is 525 g/mol. The molecule has 0 spiro atoms. The van der Waals surface area contributed by atoms with E-state index in [0.29, 0.717) is 6.42 Å². The zero-order chi connectivity index (χ0) is 27.0. The van der Waals surface area contributed by atoms with Crippen LogP contribution in [0, 0.1) is 17.8 Å². The second kappa shape index (κ2) is 12.8. The molecule has 5 N–H and O–H groups in total. The first-order valence-corrected chi connectivity index (χ1v) is 13.6. The fourth-order valence-electron chi connectivity index (χ4n) is 3.82. The number of hydrogen-bond acceptors (Lipinski definition) is 8. The molecule has 0 fully saturated rings. The van der Waals surface area contributed by atoms with Crippen molar-refractivity contribution >= 4 is 27.9 Å². The second-order valence-corrected chi connectivity index (χ2v) is 11.3. The number of aliphatic hydroxyl groups is 2. The summed E-state index contributed by atoms with van der Waals surface area (Å²) in [6.07, 6.45) is -0.746. The Bertz CT molecular complexity index is 1100. The Hall–Kier alpha value is -2.96. The Morgan fingerprint density at radius 1 is 1.06 bits per heavy atom. The molecular formula is C24H36N4O7S. The van der Waals surface area contributed by atoms with Gasteiger partial charge in [-0.15, -0.1) is 0 Å². The first-order valence-electron chi connectivity index (χ1n) is 11.7. The van der Waals surface area contributed by atoms with Crippen molar-refractivity contribution in [2.24, 2.45) is 17.8 Å². The van der Waals surface area contributed by atoms with Gasteiger partial charge in [0.15, 0.2) is 5.69 Å². The van der Waals surface area contributed by atoms with Crippen LogP contribution >= 0.6 is 0 Å². The van der Waals surface area contributed by atoms with Crippen LogP contribution in [0.2, 0.25) is 0 Å². The van der Waals surface area contributed by atoms with E-state index in [1.165, 1.54) is 0 Å². The third-order valence-corrected chi connectivity index (χ3v) is 6.06. The largest absolute Gasteiger partial charge is 0.431 e. The SMILES string of the molecule is CC(C)CC(NC(=O)c1coc(NS(C)(=O)=O)n1)C(O)C(O)C(C(=O)NCc1ccccc1)C(C)C. The van der Waals surface area contributed by atoms with E-state index < -0.39 is 46.0 Å². The predicted molar refractivity (Wildman–Crippen MR) is 134 cm³/mol. The van der Waals surface area contributed by atoms with E-state index in [-0.39, 0.29) is 30.1 Å². The molecule has 11 nitrogen and oxygen atoms in total. The van der Waals surface area contributed by atoms with Gasteiger partial charge in [-0.05, 0) is 23.8 Å². The lowest BCUT2D eigenvalue weighted by atomic mass is 9.83. The highest BCUT2D eigenvalue weighted by Gasteiger charge is 2.39. The monoisotopic (exact) mass is 524 g/mol. The fraction of sp³-hybridized carbons (Fsp3) is 0.542. The number of carbonyl (C=O) groups excluding carboxylic acids is 2. The van der Waals surface area contributed by atoms with E-state index in [1.807, 2.05) is 48.9 Å². The van der Waals surface area contributed by atoms with Crippen LogP contribution in [-0.4, -0.2) is 59.9 Å². The maximum atomic E-state index is 13.0. The number of rotatable bonds is 13. The highest BCUT2D eigenvalue weighted by molar-refractivity contribution is 7.91. The van der Waals surface area contributed by atoms with Crippen molar-refractivity contribution < 1.29 is 32.6 Å². The topological polar surface area (TPSA) is 171 Å². The van der Waals surface area contributed by atoms with Crippen molar-refractivity contribution in [3.05, 3.63) is 47.9 Å². The number of anilines is 1. The van der Waals surface area contributed by atoms with E-state index in [9.17, 15) is 28.2 Å². The van der Waals surface area contributed by atoms with Crippen molar-refractivity contribution in [3.8, 4) is 0 Å². The zero-order valence-corrected chi connectivity index (χ0v) is 22.0. The summed E-state index contributed by atoms with van der Waals surface area (Å²) in [4.78, 5) is 29.5. The maximum absolute atomic E-state index is 13.0. The van der Waals surface area contributed by atoms with Gasteiger partial charge in [-0.2, -0.15) is 4.98 Å². The second-order valence-electron chi connectivity index (χ2n) is 9.58. The minimum atomic E-state index is -3.65. The predicted octanol–water partition coefficient (Wildman–Crippen LogP) is 1.50. The van der Waals surface area contributed by atoms with E-state index in [1.54, 1.807) is 13.8 Å². The van der Waals surface area contributed by atoms with Gasteiger partial charge in [-0.1, -0.05) is 58.0 Å². The Morgan fingerprint density at radius 2 is 1.69 bits per heavy atom. The van der Waals surface area contributed by atoms with Gasteiger partial charge in [-0.3, -0.25) is 9.59 Å². The maximum Gasteiger partial charge on any atom is 0.309 e. The van der Waals surface area contributed by atoms with Crippen LogP contribution in [0.15, 0.2) is 41.0 Å². The van der Waals surface area contributed by atoms with Crippen LogP contribution in [0.1, 0.15) is 50.2 Å². The summed E-state index contributed by atoms with van der Waals surface area (Å²) >= 11 is 0. The van der Waals surface area contributed by atoms with E-state index >= 15 is 0 Å². The molecule has 4 unspecified atom stereocenters.